The van der Waals surface area contributed by atoms with Crippen LogP contribution in [0.5, 0.6) is 0 Å². The van der Waals surface area contributed by atoms with Gasteiger partial charge in [-0.15, -0.1) is 4.58 Å². The first-order chi connectivity index (χ1) is 10.5. The molecule has 0 aliphatic carbocycles. The minimum Gasteiger partial charge on any atom is -0.300 e. The lowest BCUT2D eigenvalue weighted by molar-refractivity contribution is -0.449. The Morgan fingerprint density at radius 1 is 0.955 bits per heavy atom. The van der Waals surface area contributed by atoms with E-state index in [1.807, 2.05) is 18.2 Å². The van der Waals surface area contributed by atoms with Gasteiger partial charge in [-0.2, -0.15) is 8.42 Å². The summed E-state index contributed by atoms with van der Waals surface area (Å²) in [6.45, 7) is 0.138. The molecule has 0 bridgehead atoms. The Hall–Kier alpha value is -2.51. The number of rotatable bonds is 3. The Bertz CT molecular complexity index is 872. The quantitative estimate of drug-likeness (QED) is 0.687. The average molecular weight is 318 g/mol. The summed E-state index contributed by atoms with van der Waals surface area (Å²) in [6, 6.07) is 15.6. The van der Waals surface area contributed by atoms with Crippen molar-refractivity contribution in [2.75, 3.05) is 0 Å². The molecular formula is C15H12NO5S+. The van der Waals surface area contributed by atoms with Gasteiger partial charge in [-0.05, 0) is 12.1 Å². The van der Waals surface area contributed by atoms with Gasteiger partial charge in [-0.3, -0.25) is 4.55 Å². The van der Waals surface area contributed by atoms with Gasteiger partial charge >= 0.3 is 22.2 Å². The Kier molecular flexibility index (Phi) is 3.51. The van der Waals surface area contributed by atoms with E-state index in [2.05, 4.69) is 4.18 Å². The number of amides is 1. The van der Waals surface area contributed by atoms with Gasteiger partial charge in [-0.25, -0.2) is 4.79 Å². The zero-order chi connectivity index (χ0) is 15.7. The first-order valence-electron chi connectivity index (χ1n) is 6.45. The standard InChI is InChI=1S/C15H11NO5S/c17-14-12-8-4-5-9-13(12)15(21-22(18,19)20)16(14)10-11-6-2-1-3-7-11/h1-9H,10H2/p+1. The molecule has 0 aromatic heterocycles. The maximum atomic E-state index is 12.4. The summed E-state index contributed by atoms with van der Waals surface area (Å²) < 4.78 is 36.9. The predicted octanol–water partition coefficient (Wildman–Crippen LogP) is 1.62. The number of benzene rings is 2. The van der Waals surface area contributed by atoms with Gasteiger partial charge < -0.3 is 4.18 Å². The summed E-state index contributed by atoms with van der Waals surface area (Å²) in [4.78, 5) is 12.4. The Labute approximate surface area is 127 Å². The van der Waals surface area contributed by atoms with E-state index in [0.717, 1.165) is 5.56 Å². The average Bonchev–Trinajstić information content (AvgIpc) is 2.73. The van der Waals surface area contributed by atoms with Gasteiger partial charge in [0.15, 0.2) is 6.54 Å². The summed E-state index contributed by atoms with van der Waals surface area (Å²) in [5.41, 5.74) is 1.47. The zero-order valence-electron chi connectivity index (χ0n) is 11.3. The highest BCUT2D eigenvalue weighted by atomic mass is 32.3. The van der Waals surface area contributed by atoms with Crippen molar-refractivity contribution in [3.05, 3.63) is 71.3 Å². The molecule has 7 heteroatoms. The van der Waals surface area contributed by atoms with Crippen LogP contribution in [-0.2, 0) is 21.1 Å². The molecule has 0 fully saturated rings. The minimum absolute atomic E-state index is 0.138. The normalized spacial score (nSPS) is 14.1. The Morgan fingerprint density at radius 3 is 2.18 bits per heavy atom. The van der Waals surface area contributed by atoms with Crippen molar-refractivity contribution in [3.8, 4) is 0 Å². The molecule has 3 rings (SSSR count). The number of nitrogens with zero attached hydrogens (tertiary/aromatic N) is 1. The molecule has 2 aromatic carbocycles. The monoisotopic (exact) mass is 318 g/mol. The molecule has 0 unspecified atom stereocenters. The molecule has 112 valence electrons. The molecule has 6 nitrogen and oxygen atoms in total. The lowest BCUT2D eigenvalue weighted by Gasteiger charge is -2.01. The fourth-order valence-electron chi connectivity index (χ4n) is 2.34. The molecule has 1 amide bonds. The van der Waals surface area contributed by atoms with Crippen molar-refractivity contribution in [3.63, 3.8) is 0 Å². The molecule has 0 saturated heterocycles. The van der Waals surface area contributed by atoms with Crippen LogP contribution < -0.4 is 0 Å². The molecule has 1 aliphatic heterocycles. The molecule has 0 atom stereocenters. The third kappa shape index (κ3) is 2.76. The molecular weight excluding hydrogens is 306 g/mol. The smallest absolute Gasteiger partial charge is 0.300 e. The van der Waals surface area contributed by atoms with E-state index in [4.69, 9.17) is 4.55 Å². The second-order valence-electron chi connectivity index (χ2n) is 4.74. The molecule has 1 heterocycles. The van der Waals surface area contributed by atoms with Gasteiger partial charge in [0.2, 0.25) is 0 Å². The topological polar surface area (TPSA) is 83.7 Å². The zero-order valence-corrected chi connectivity index (χ0v) is 12.2. The molecule has 0 saturated carbocycles. The Balaban J connectivity index is 2.10. The van der Waals surface area contributed by atoms with Crippen molar-refractivity contribution in [1.29, 1.82) is 0 Å². The van der Waals surface area contributed by atoms with Crippen molar-refractivity contribution in [2.24, 2.45) is 0 Å². The molecule has 2 aromatic rings. The van der Waals surface area contributed by atoms with E-state index in [1.54, 1.807) is 36.4 Å². The van der Waals surface area contributed by atoms with Crippen molar-refractivity contribution in [2.45, 2.75) is 6.54 Å². The van der Waals surface area contributed by atoms with Crippen molar-refractivity contribution < 1.29 is 26.5 Å². The van der Waals surface area contributed by atoms with Crippen LogP contribution >= 0.6 is 0 Å². The fraction of sp³-hybridized carbons (Fsp3) is 0.0667. The SMILES string of the molecule is O=C1c2ccccc2C(OS(=O)(=O)O)=[N+]1Cc1ccccc1. The number of hydrogen-bond acceptors (Lipinski definition) is 4. The number of carbonyl (C=O) groups excluding carboxylic acids is 1. The third-order valence-corrected chi connectivity index (χ3v) is 3.61. The first-order valence-corrected chi connectivity index (χ1v) is 7.81. The molecule has 1 N–H and O–H groups in total. The third-order valence-electron chi connectivity index (χ3n) is 3.25. The van der Waals surface area contributed by atoms with E-state index in [-0.39, 0.29) is 18.3 Å². The minimum atomic E-state index is -4.73. The molecule has 0 radical (unpaired) electrons. The fourth-order valence-corrected chi connectivity index (χ4v) is 2.72. The van der Waals surface area contributed by atoms with Crippen LogP contribution in [0.1, 0.15) is 21.5 Å². The van der Waals surface area contributed by atoms with Crippen molar-refractivity contribution >= 4 is 22.2 Å². The lowest BCUT2D eigenvalue weighted by Crippen LogP contribution is -2.24. The molecule has 0 spiro atoms. The second-order valence-corrected chi connectivity index (χ2v) is 5.76. The molecule has 22 heavy (non-hydrogen) atoms. The predicted molar refractivity (Wildman–Crippen MR) is 77.9 cm³/mol. The van der Waals surface area contributed by atoms with Crippen LogP contribution in [-0.4, -0.2) is 29.4 Å². The Morgan fingerprint density at radius 2 is 1.55 bits per heavy atom. The highest BCUT2D eigenvalue weighted by Crippen LogP contribution is 2.21. The van der Waals surface area contributed by atoms with Gasteiger partial charge in [0.05, 0.1) is 0 Å². The summed E-state index contributed by atoms with van der Waals surface area (Å²) >= 11 is 0. The lowest BCUT2D eigenvalue weighted by atomic mass is 10.1. The first kappa shape index (κ1) is 14.4. The number of fused-ring (bicyclic) bond motifs is 1. The number of carbonyl (C=O) groups is 1. The van der Waals surface area contributed by atoms with Gasteiger partial charge in [0, 0.05) is 5.56 Å². The second kappa shape index (κ2) is 5.36. The maximum absolute atomic E-state index is 12.4. The largest absolute Gasteiger partial charge is 0.450 e. The van der Waals surface area contributed by atoms with Crippen LogP contribution in [0.15, 0.2) is 54.6 Å². The van der Waals surface area contributed by atoms with Crippen LogP contribution in [0.4, 0.5) is 0 Å². The highest BCUT2D eigenvalue weighted by Gasteiger charge is 2.41. The number of hydrogen-bond donors (Lipinski definition) is 1. The van der Waals surface area contributed by atoms with E-state index < -0.39 is 10.4 Å². The van der Waals surface area contributed by atoms with Crippen LogP contribution in [0, 0.1) is 0 Å². The van der Waals surface area contributed by atoms with Gasteiger partial charge in [0.1, 0.15) is 11.1 Å². The summed E-state index contributed by atoms with van der Waals surface area (Å²) in [5, 5.41) is 0. The van der Waals surface area contributed by atoms with E-state index in [0.29, 0.717) is 11.1 Å². The van der Waals surface area contributed by atoms with Crippen molar-refractivity contribution in [1.82, 2.24) is 0 Å². The van der Waals surface area contributed by atoms with Gasteiger partial charge in [0.25, 0.3) is 0 Å². The highest BCUT2D eigenvalue weighted by molar-refractivity contribution is 7.81. The van der Waals surface area contributed by atoms with Gasteiger partial charge in [-0.1, -0.05) is 42.5 Å². The van der Waals surface area contributed by atoms with E-state index in [1.165, 1.54) is 4.58 Å². The van der Waals surface area contributed by atoms with Crippen LogP contribution in [0.3, 0.4) is 0 Å². The van der Waals surface area contributed by atoms with E-state index >= 15 is 0 Å². The molecule has 1 aliphatic rings. The van der Waals surface area contributed by atoms with Crippen LogP contribution in [0.25, 0.3) is 0 Å². The summed E-state index contributed by atoms with van der Waals surface area (Å²) in [6.07, 6.45) is 0. The van der Waals surface area contributed by atoms with E-state index in [9.17, 15) is 13.2 Å². The maximum Gasteiger partial charge on any atom is 0.450 e. The van der Waals surface area contributed by atoms with Crippen LogP contribution in [0.2, 0.25) is 0 Å². The summed E-state index contributed by atoms with van der Waals surface area (Å²) in [5.74, 6) is -0.565. The summed E-state index contributed by atoms with van der Waals surface area (Å²) in [7, 11) is -4.73.